The second kappa shape index (κ2) is 4.99. The van der Waals surface area contributed by atoms with Crippen molar-refractivity contribution in [3.8, 4) is 0 Å². The number of aliphatic hydroxyl groups is 1. The van der Waals surface area contributed by atoms with E-state index in [-0.39, 0.29) is 0 Å². The fourth-order valence-corrected chi connectivity index (χ4v) is 2.94. The van der Waals surface area contributed by atoms with Gasteiger partial charge in [0.25, 0.3) is 0 Å². The van der Waals surface area contributed by atoms with E-state index in [9.17, 15) is 5.11 Å². The van der Waals surface area contributed by atoms with Crippen molar-refractivity contribution in [3.05, 3.63) is 42.5 Å². The van der Waals surface area contributed by atoms with Gasteiger partial charge in [-0.2, -0.15) is 0 Å². The second-order valence-electron chi connectivity index (χ2n) is 5.19. The molecule has 2 atom stereocenters. The van der Waals surface area contributed by atoms with Crippen molar-refractivity contribution in [2.45, 2.75) is 25.3 Å². The Labute approximate surface area is 108 Å². The first-order chi connectivity index (χ1) is 8.86. The molecule has 0 saturated heterocycles. The summed E-state index contributed by atoms with van der Waals surface area (Å²) < 4.78 is 0. The van der Waals surface area contributed by atoms with Crippen molar-refractivity contribution in [2.75, 3.05) is 11.9 Å². The van der Waals surface area contributed by atoms with Crippen LogP contribution in [0.15, 0.2) is 42.5 Å². The molecular weight excluding hydrogens is 222 g/mol. The predicted octanol–water partition coefficient (Wildman–Crippen LogP) is 3.41. The van der Waals surface area contributed by atoms with Crippen LogP contribution in [0.5, 0.6) is 0 Å². The minimum atomic E-state index is 0.297. The maximum absolute atomic E-state index is 9.35. The molecule has 18 heavy (non-hydrogen) atoms. The van der Waals surface area contributed by atoms with Gasteiger partial charge < -0.3 is 10.4 Å². The molecule has 2 nitrogen and oxygen atoms in total. The lowest BCUT2D eigenvalue weighted by Crippen LogP contribution is -2.26. The van der Waals surface area contributed by atoms with E-state index in [0.29, 0.717) is 18.6 Å². The average molecular weight is 241 g/mol. The lowest BCUT2D eigenvalue weighted by Gasteiger charge is -2.20. The molecule has 0 aliphatic heterocycles. The Kier molecular flexibility index (Phi) is 3.20. The van der Waals surface area contributed by atoms with Crippen LogP contribution in [0.2, 0.25) is 0 Å². The number of aliphatic hydroxyl groups excluding tert-OH is 1. The molecule has 0 heterocycles. The van der Waals surface area contributed by atoms with Crippen LogP contribution in [-0.4, -0.2) is 17.8 Å². The van der Waals surface area contributed by atoms with Crippen LogP contribution < -0.4 is 5.32 Å². The molecule has 0 aromatic heterocycles. The topological polar surface area (TPSA) is 32.3 Å². The Morgan fingerprint density at radius 1 is 1.06 bits per heavy atom. The van der Waals surface area contributed by atoms with E-state index >= 15 is 0 Å². The quantitative estimate of drug-likeness (QED) is 0.863. The van der Waals surface area contributed by atoms with Crippen LogP contribution in [0.25, 0.3) is 10.8 Å². The van der Waals surface area contributed by atoms with Gasteiger partial charge in [0.1, 0.15) is 0 Å². The first-order valence-electron chi connectivity index (χ1n) is 6.73. The summed E-state index contributed by atoms with van der Waals surface area (Å²) in [5.41, 5.74) is 1.17. The zero-order valence-corrected chi connectivity index (χ0v) is 10.5. The van der Waals surface area contributed by atoms with Gasteiger partial charge in [0.05, 0.1) is 0 Å². The van der Waals surface area contributed by atoms with Crippen LogP contribution in [0.4, 0.5) is 5.69 Å². The van der Waals surface area contributed by atoms with Gasteiger partial charge in [0.15, 0.2) is 0 Å². The van der Waals surface area contributed by atoms with Crippen LogP contribution in [0.3, 0.4) is 0 Å². The van der Waals surface area contributed by atoms with E-state index in [1.165, 1.54) is 22.9 Å². The summed E-state index contributed by atoms with van der Waals surface area (Å²) in [4.78, 5) is 0. The molecule has 1 aliphatic carbocycles. The molecule has 0 radical (unpaired) electrons. The summed E-state index contributed by atoms with van der Waals surface area (Å²) >= 11 is 0. The molecule has 0 amide bonds. The van der Waals surface area contributed by atoms with Gasteiger partial charge in [-0.25, -0.2) is 0 Å². The molecular formula is C16H19NO. The van der Waals surface area contributed by atoms with Crippen LogP contribution in [-0.2, 0) is 0 Å². The van der Waals surface area contributed by atoms with Crippen LogP contribution in [0.1, 0.15) is 19.3 Å². The van der Waals surface area contributed by atoms with Crippen LogP contribution in [0, 0.1) is 5.92 Å². The summed E-state index contributed by atoms with van der Waals surface area (Å²) in [6.45, 7) is 0.297. The summed E-state index contributed by atoms with van der Waals surface area (Å²) in [5, 5.41) is 15.5. The molecule has 3 rings (SSSR count). The molecule has 94 valence electrons. The zero-order valence-electron chi connectivity index (χ0n) is 10.5. The molecule has 0 bridgehead atoms. The highest BCUT2D eigenvalue weighted by atomic mass is 16.3. The number of nitrogens with one attached hydrogen (secondary N) is 1. The smallest absolute Gasteiger partial charge is 0.0478 e. The van der Waals surface area contributed by atoms with E-state index in [4.69, 9.17) is 0 Å². The minimum absolute atomic E-state index is 0.297. The van der Waals surface area contributed by atoms with E-state index in [0.717, 1.165) is 12.8 Å². The van der Waals surface area contributed by atoms with E-state index in [1.807, 2.05) is 0 Å². The van der Waals surface area contributed by atoms with Gasteiger partial charge in [-0.1, -0.05) is 36.8 Å². The third-order valence-corrected chi connectivity index (χ3v) is 4.00. The van der Waals surface area contributed by atoms with Gasteiger partial charge in [-0.05, 0) is 35.7 Å². The summed E-state index contributed by atoms with van der Waals surface area (Å²) in [5.74, 6) is 0.413. The number of hydrogen-bond acceptors (Lipinski definition) is 2. The molecule has 0 spiro atoms. The van der Waals surface area contributed by atoms with Gasteiger partial charge in [-0.15, -0.1) is 0 Å². The SMILES string of the molecule is OCC1CCCC1Nc1ccc2ccccc2c1. The summed E-state index contributed by atoms with van der Waals surface area (Å²) in [7, 11) is 0. The highest BCUT2D eigenvalue weighted by Crippen LogP contribution is 2.29. The second-order valence-corrected chi connectivity index (χ2v) is 5.19. The molecule has 1 fully saturated rings. The highest BCUT2D eigenvalue weighted by molar-refractivity contribution is 5.85. The molecule has 1 saturated carbocycles. The fraction of sp³-hybridized carbons (Fsp3) is 0.375. The Morgan fingerprint density at radius 2 is 1.89 bits per heavy atom. The van der Waals surface area contributed by atoms with Gasteiger partial charge in [-0.3, -0.25) is 0 Å². The Bertz CT molecular complexity index is 537. The predicted molar refractivity (Wildman–Crippen MR) is 75.8 cm³/mol. The highest BCUT2D eigenvalue weighted by Gasteiger charge is 2.26. The van der Waals surface area contributed by atoms with Crippen molar-refractivity contribution < 1.29 is 5.11 Å². The summed E-state index contributed by atoms with van der Waals surface area (Å²) in [6, 6.07) is 15.3. The largest absolute Gasteiger partial charge is 0.396 e. The van der Waals surface area contributed by atoms with Crippen molar-refractivity contribution in [1.82, 2.24) is 0 Å². The maximum Gasteiger partial charge on any atom is 0.0478 e. The fourth-order valence-electron chi connectivity index (χ4n) is 2.94. The minimum Gasteiger partial charge on any atom is -0.396 e. The molecule has 2 unspecified atom stereocenters. The zero-order chi connectivity index (χ0) is 12.4. The van der Waals surface area contributed by atoms with E-state index < -0.39 is 0 Å². The number of fused-ring (bicyclic) bond motifs is 1. The Hall–Kier alpha value is -1.54. The number of rotatable bonds is 3. The molecule has 2 heteroatoms. The van der Waals surface area contributed by atoms with Crippen molar-refractivity contribution in [3.63, 3.8) is 0 Å². The van der Waals surface area contributed by atoms with E-state index in [2.05, 4.69) is 47.8 Å². The lowest BCUT2D eigenvalue weighted by molar-refractivity contribution is 0.222. The molecule has 2 aromatic carbocycles. The number of hydrogen-bond donors (Lipinski definition) is 2. The van der Waals surface area contributed by atoms with Crippen molar-refractivity contribution in [2.24, 2.45) is 5.92 Å². The summed E-state index contributed by atoms with van der Waals surface area (Å²) in [6.07, 6.45) is 3.52. The normalized spacial score (nSPS) is 23.4. The first-order valence-corrected chi connectivity index (χ1v) is 6.73. The Balaban J connectivity index is 1.82. The van der Waals surface area contributed by atoms with Gasteiger partial charge in [0, 0.05) is 24.3 Å². The van der Waals surface area contributed by atoms with E-state index in [1.54, 1.807) is 0 Å². The standard InChI is InChI=1S/C16H19NO/c18-11-14-6-3-7-16(14)17-15-9-8-12-4-1-2-5-13(12)10-15/h1-2,4-5,8-10,14,16-18H,3,6-7,11H2. The third-order valence-electron chi connectivity index (χ3n) is 4.00. The Morgan fingerprint density at radius 3 is 2.72 bits per heavy atom. The molecule has 2 N–H and O–H groups in total. The molecule has 2 aromatic rings. The van der Waals surface area contributed by atoms with Crippen molar-refractivity contribution >= 4 is 16.5 Å². The third kappa shape index (κ3) is 2.21. The lowest BCUT2D eigenvalue weighted by atomic mass is 10.0. The molecule has 1 aliphatic rings. The first kappa shape index (κ1) is 11.5. The maximum atomic E-state index is 9.35. The monoisotopic (exact) mass is 241 g/mol. The van der Waals surface area contributed by atoms with Crippen LogP contribution >= 0.6 is 0 Å². The average Bonchev–Trinajstić information content (AvgIpc) is 2.86. The number of benzene rings is 2. The van der Waals surface area contributed by atoms with Crippen molar-refractivity contribution in [1.29, 1.82) is 0 Å². The number of anilines is 1. The van der Waals surface area contributed by atoms with Gasteiger partial charge in [0.2, 0.25) is 0 Å². The van der Waals surface area contributed by atoms with Gasteiger partial charge >= 0.3 is 0 Å².